The van der Waals surface area contributed by atoms with Crippen molar-refractivity contribution in [3.05, 3.63) is 113 Å². The Morgan fingerprint density at radius 2 is 1.82 bits per heavy atom. The number of carboxylic acid groups (broad SMARTS) is 1. The first-order valence-corrected chi connectivity index (χ1v) is 11.5. The van der Waals surface area contributed by atoms with Crippen LogP contribution in [0.4, 0.5) is 4.39 Å². The van der Waals surface area contributed by atoms with Crippen molar-refractivity contribution in [1.82, 2.24) is 5.32 Å². The van der Waals surface area contributed by atoms with Crippen molar-refractivity contribution < 1.29 is 19.0 Å². The van der Waals surface area contributed by atoms with E-state index in [4.69, 9.17) is 4.74 Å². The van der Waals surface area contributed by atoms with Crippen LogP contribution in [0.3, 0.4) is 0 Å². The number of hydrogen-bond donors (Lipinski definition) is 2. The molecule has 0 bridgehead atoms. The zero-order valence-electron chi connectivity index (χ0n) is 18.9. The fraction of sp³-hybridized carbons (Fsp3) is 0.207. The van der Waals surface area contributed by atoms with E-state index in [1.165, 1.54) is 28.5 Å². The van der Waals surface area contributed by atoms with E-state index in [1.54, 1.807) is 6.07 Å². The van der Waals surface area contributed by atoms with E-state index in [9.17, 15) is 14.3 Å². The van der Waals surface area contributed by atoms with E-state index < -0.39 is 11.8 Å². The van der Waals surface area contributed by atoms with E-state index in [2.05, 4.69) is 48.6 Å². The van der Waals surface area contributed by atoms with Crippen LogP contribution in [0.25, 0.3) is 10.8 Å². The van der Waals surface area contributed by atoms with Crippen LogP contribution in [0.5, 0.6) is 5.75 Å². The Balaban J connectivity index is 1.37. The minimum Gasteiger partial charge on any atom is -0.489 e. The molecule has 0 spiro atoms. The van der Waals surface area contributed by atoms with Crippen LogP contribution in [0.15, 0.2) is 84.9 Å². The molecule has 2 N–H and O–H groups in total. The molecule has 1 heterocycles. The number of carboxylic acids is 1. The molecule has 172 valence electrons. The molecule has 1 aliphatic heterocycles. The van der Waals surface area contributed by atoms with Crippen molar-refractivity contribution in [3.63, 3.8) is 0 Å². The summed E-state index contributed by atoms with van der Waals surface area (Å²) in [5.74, 6) is -1.28. The lowest BCUT2D eigenvalue weighted by atomic mass is 9.83. The summed E-state index contributed by atoms with van der Waals surface area (Å²) in [5, 5.41) is 15.2. The average molecular weight is 456 g/mol. The molecule has 4 nitrogen and oxygen atoms in total. The lowest BCUT2D eigenvalue weighted by Crippen LogP contribution is -2.37. The minimum atomic E-state index is -1.26. The predicted octanol–water partition coefficient (Wildman–Crippen LogP) is 6.31. The Hall–Kier alpha value is -3.70. The fourth-order valence-electron chi connectivity index (χ4n) is 4.90. The van der Waals surface area contributed by atoms with Gasteiger partial charge in [-0.2, -0.15) is 0 Å². The summed E-state index contributed by atoms with van der Waals surface area (Å²) >= 11 is 0. The van der Waals surface area contributed by atoms with Gasteiger partial charge in [0, 0.05) is 24.1 Å². The van der Waals surface area contributed by atoms with Crippen molar-refractivity contribution in [2.24, 2.45) is 0 Å². The van der Waals surface area contributed by atoms with Crippen molar-refractivity contribution in [3.8, 4) is 5.75 Å². The van der Waals surface area contributed by atoms with Gasteiger partial charge < -0.3 is 15.2 Å². The summed E-state index contributed by atoms with van der Waals surface area (Å²) in [6.45, 7) is 2.78. The molecule has 0 amide bonds. The molecule has 3 atom stereocenters. The Labute approximate surface area is 198 Å². The van der Waals surface area contributed by atoms with Gasteiger partial charge in [-0.05, 0) is 53.4 Å². The Morgan fingerprint density at radius 1 is 1.06 bits per heavy atom. The first-order chi connectivity index (χ1) is 16.5. The zero-order chi connectivity index (χ0) is 23.7. The van der Waals surface area contributed by atoms with Crippen LogP contribution in [0, 0.1) is 5.82 Å². The van der Waals surface area contributed by atoms with E-state index in [1.807, 2.05) is 30.3 Å². The van der Waals surface area contributed by atoms with Gasteiger partial charge in [-0.3, -0.25) is 0 Å². The molecule has 4 aromatic carbocycles. The first-order valence-electron chi connectivity index (χ1n) is 11.5. The molecule has 0 radical (unpaired) electrons. The first kappa shape index (κ1) is 22.1. The zero-order valence-corrected chi connectivity index (χ0v) is 18.9. The Bertz CT molecular complexity index is 1350. The highest BCUT2D eigenvalue weighted by Gasteiger charge is 2.30. The highest BCUT2D eigenvalue weighted by atomic mass is 19.1. The lowest BCUT2D eigenvalue weighted by molar-refractivity contribution is 0.0691. The van der Waals surface area contributed by atoms with Gasteiger partial charge in [-0.1, -0.05) is 66.7 Å². The van der Waals surface area contributed by atoms with Gasteiger partial charge in [-0.25, -0.2) is 9.18 Å². The van der Waals surface area contributed by atoms with Gasteiger partial charge in [0.25, 0.3) is 0 Å². The summed E-state index contributed by atoms with van der Waals surface area (Å²) in [6, 6.07) is 27.0. The van der Waals surface area contributed by atoms with Crippen LogP contribution in [0.1, 0.15) is 52.4 Å². The topological polar surface area (TPSA) is 58.6 Å². The normalized spacial score (nSPS) is 18.2. The molecule has 0 aromatic heterocycles. The lowest BCUT2D eigenvalue weighted by Gasteiger charge is -2.33. The third kappa shape index (κ3) is 4.27. The van der Waals surface area contributed by atoms with Gasteiger partial charge in [0.2, 0.25) is 0 Å². The standard InChI is InChI=1S/C29H26FNO3/c1-18(22-11-6-8-19-7-2-3-9-23(19)22)31-17-21-16-26(24-10-4-5-12-28(24)34-21)20-13-14-25(29(32)33)27(30)15-20/h2-15,18,21,26,31H,16-17H2,1H3,(H,32,33)/t18-,21-,26+/m1/s1. The summed E-state index contributed by atoms with van der Waals surface area (Å²) in [7, 11) is 0. The number of fused-ring (bicyclic) bond motifs is 2. The van der Waals surface area contributed by atoms with Gasteiger partial charge in [-0.15, -0.1) is 0 Å². The molecule has 5 rings (SSSR count). The van der Waals surface area contributed by atoms with E-state index >= 15 is 0 Å². The third-order valence-electron chi connectivity index (χ3n) is 6.65. The van der Waals surface area contributed by atoms with Crippen molar-refractivity contribution in [1.29, 1.82) is 0 Å². The molecule has 0 unspecified atom stereocenters. The number of nitrogens with one attached hydrogen (secondary N) is 1. The molecular formula is C29H26FNO3. The summed E-state index contributed by atoms with van der Waals surface area (Å²) < 4.78 is 20.8. The second kappa shape index (κ2) is 9.27. The van der Waals surface area contributed by atoms with Crippen molar-refractivity contribution in [2.45, 2.75) is 31.4 Å². The SMILES string of the molecule is C[C@@H](NC[C@H]1C[C@@H](c2ccc(C(=O)O)c(F)c2)c2ccccc2O1)c1cccc2ccccc12. The molecule has 0 aliphatic carbocycles. The van der Waals surface area contributed by atoms with Gasteiger partial charge >= 0.3 is 5.97 Å². The number of ether oxygens (including phenoxy) is 1. The number of benzene rings is 4. The molecule has 0 saturated carbocycles. The Morgan fingerprint density at radius 3 is 2.65 bits per heavy atom. The number of halogens is 1. The molecule has 0 fully saturated rings. The van der Waals surface area contributed by atoms with E-state index in [0.717, 1.165) is 16.9 Å². The highest BCUT2D eigenvalue weighted by Crippen LogP contribution is 2.40. The van der Waals surface area contributed by atoms with E-state index in [0.29, 0.717) is 13.0 Å². The number of para-hydroxylation sites is 1. The van der Waals surface area contributed by atoms with Gasteiger partial charge in [0.05, 0.1) is 5.56 Å². The smallest absolute Gasteiger partial charge is 0.338 e. The van der Waals surface area contributed by atoms with Crippen LogP contribution < -0.4 is 10.1 Å². The summed E-state index contributed by atoms with van der Waals surface area (Å²) in [6.07, 6.45) is 0.553. The number of aromatic carboxylic acids is 1. The third-order valence-corrected chi connectivity index (χ3v) is 6.65. The van der Waals surface area contributed by atoms with Gasteiger partial charge in [0.15, 0.2) is 0 Å². The maximum absolute atomic E-state index is 14.5. The monoisotopic (exact) mass is 455 g/mol. The molecular weight excluding hydrogens is 429 g/mol. The Kier molecular flexibility index (Phi) is 6.03. The molecule has 4 aromatic rings. The second-order valence-electron chi connectivity index (χ2n) is 8.81. The molecule has 1 aliphatic rings. The minimum absolute atomic E-state index is 0.0815. The maximum Gasteiger partial charge on any atom is 0.338 e. The average Bonchev–Trinajstić information content (AvgIpc) is 2.86. The van der Waals surface area contributed by atoms with Crippen molar-refractivity contribution in [2.75, 3.05) is 6.54 Å². The molecule has 0 saturated heterocycles. The summed E-state index contributed by atoms with van der Waals surface area (Å²) in [4.78, 5) is 11.2. The molecule has 34 heavy (non-hydrogen) atoms. The summed E-state index contributed by atoms with van der Waals surface area (Å²) in [5.41, 5.74) is 2.66. The number of rotatable bonds is 6. The fourth-order valence-corrected chi connectivity index (χ4v) is 4.90. The highest BCUT2D eigenvalue weighted by molar-refractivity contribution is 5.88. The van der Waals surface area contributed by atoms with Crippen LogP contribution in [-0.4, -0.2) is 23.7 Å². The van der Waals surface area contributed by atoms with Crippen LogP contribution in [-0.2, 0) is 0 Å². The largest absolute Gasteiger partial charge is 0.489 e. The van der Waals surface area contributed by atoms with Crippen molar-refractivity contribution >= 4 is 16.7 Å². The maximum atomic E-state index is 14.5. The molecule has 5 heteroatoms. The number of carbonyl (C=O) groups is 1. The second-order valence-corrected chi connectivity index (χ2v) is 8.81. The van der Waals surface area contributed by atoms with E-state index in [-0.39, 0.29) is 23.6 Å². The predicted molar refractivity (Wildman–Crippen MR) is 131 cm³/mol. The van der Waals surface area contributed by atoms with Crippen LogP contribution >= 0.6 is 0 Å². The number of hydrogen-bond acceptors (Lipinski definition) is 3. The quantitative estimate of drug-likeness (QED) is 0.358. The van der Waals surface area contributed by atoms with Gasteiger partial charge in [0.1, 0.15) is 17.7 Å². The van der Waals surface area contributed by atoms with Crippen LogP contribution in [0.2, 0.25) is 0 Å².